The Balaban J connectivity index is 2.67. The van der Waals surface area contributed by atoms with Crippen molar-refractivity contribution in [1.29, 1.82) is 0 Å². The third kappa shape index (κ3) is 4.32. The molecule has 2 atom stereocenters. The fourth-order valence-electron chi connectivity index (χ4n) is 5.91. The summed E-state index contributed by atoms with van der Waals surface area (Å²) in [7, 11) is 0. The lowest BCUT2D eigenvalue weighted by Gasteiger charge is -2.43. The number of carboxylic acid groups (broad SMARTS) is 2. The first-order valence-electron chi connectivity index (χ1n) is 10.4. The van der Waals surface area contributed by atoms with Crippen LogP contribution >= 0.6 is 0 Å². The lowest BCUT2D eigenvalue weighted by Crippen LogP contribution is -2.36. The van der Waals surface area contributed by atoms with E-state index in [1.54, 1.807) is 0 Å². The molecule has 0 aromatic rings. The van der Waals surface area contributed by atoms with Crippen LogP contribution in [0.2, 0.25) is 0 Å². The van der Waals surface area contributed by atoms with Crippen molar-refractivity contribution >= 4 is 11.9 Å². The lowest BCUT2D eigenvalue weighted by molar-refractivity contribution is -0.140. The summed E-state index contributed by atoms with van der Waals surface area (Å²) in [6.07, 6.45) is 9.09. The Morgan fingerprint density at radius 2 is 1.50 bits per heavy atom. The van der Waals surface area contributed by atoms with Crippen LogP contribution in [0, 0.1) is 29.1 Å². The molecule has 2 N–H and O–H groups in total. The van der Waals surface area contributed by atoms with Gasteiger partial charge in [-0.2, -0.15) is 0 Å². The molecule has 0 heterocycles. The molecule has 0 radical (unpaired) electrons. The van der Waals surface area contributed by atoms with Gasteiger partial charge >= 0.3 is 11.9 Å². The van der Waals surface area contributed by atoms with E-state index in [2.05, 4.69) is 27.7 Å². The third-order valence-corrected chi connectivity index (χ3v) is 6.48. The normalized spacial score (nSPS) is 26.6. The van der Waals surface area contributed by atoms with Crippen molar-refractivity contribution in [3.63, 3.8) is 0 Å². The molecule has 4 nitrogen and oxygen atoms in total. The summed E-state index contributed by atoms with van der Waals surface area (Å²) in [5.74, 6) is -1.02. The molecule has 0 amide bonds. The number of allylic oxidation sites excluding steroid dienone is 1. The molecule has 0 aromatic carbocycles. The van der Waals surface area contributed by atoms with Gasteiger partial charge in [0.2, 0.25) is 0 Å². The standard InChI is InChI=1S/C22H36O4/c1-14(2)12-17-10-7-11-22(17,13-15(3)4)19(16-8-5-6-9-16)18(20(23)24)21(25)26/h14-17H,5-13H2,1-4H3,(H,23,24)(H,25,26). The van der Waals surface area contributed by atoms with E-state index in [9.17, 15) is 19.8 Å². The van der Waals surface area contributed by atoms with Gasteiger partial charge in [0, 0.05) is 0 Å². The summed E-state index contributed by atoms with van der Waals surface area (Å²) in [6, 6.07) is 0. The highest BCUT2D eigenvalue weighted by molar-refractivity contribution is 6.13. The van der Waals surface area contributed by atoms with Crippen LogP contribution < -0.4 is 0 Å². The molecule has 2 saturated carbocycles. The Hall–Kier alpha value is -1.32. The van der Waals surface area contributed by atoms with E-state index >= 15 is 0 Å². The Morgan fingerprint density at radius 3 is 1.96 bits per heavy atom. The first-order chi connectivity index (χ1) is 12.2. The summed E-state index contributed by atoms with van der Waals surface area (Å²) in [5, 5.41) is 19.6. The van der Waals surface area contributed by atoms with Gasteiger partial charge in [0.1, 0.15) is 5.57 Å². The van der Waals surface area contributed by atoms with Crippen molar-refractivity contribution in [3.8, 4) is 0 Å². The van der Waals surface area contributed by atoms with Gasteiger partial charge in [-0.25, -0.2) is 9.59 Å². The smallest absolute Gasteiger partial charge is 0.343 e. The van der Waals surface area contributed by atoms with Gasteiger partial charge in [-0.15, -0.1) is 0 Å². The molecule has 2 fully saturated rings. The lowest BCUT2D eigenvalue weighted by atomic mass is 9.60. The van der Waals surface area contributed by atoms with Crippen LogP contribution in [0.25, 0.3) is 0 Å². The highest BCUT2D eigenvalue weighted by Crippen LogP contribution is 2.59. The highest BCUT2D eigenvalue weighted by Gasteiger charge is 2.50. The van der Waals surface area contributed by atoms with Crippen LogP contribution in [0.3, 0.4) is 0 Å². The molecule has 0 saturated heterocycles. The monoisotopic (exact) mass is 364 g/mol. The zero-order chi connectivity index (χ0) is 19.5. The maximum absolute atomic E-state index is 12.0. The number of hydrogen-bond acceptors (Lipinski definition) is 2. The fraction of sp³-hybridized carbons (Fsp3) is 0.818. The summed E-state index contributed by atoms with van der Waals surface area (Å²) < 4.78 is 0. The van der Waals surface area contributed by atoms with Crippen molar-refractivity contribution in [1.82, 2.24) is 0 Å². The van der Waals surface area contributed by atoms with E-state index in [-0.39, 0.29) is 16.9 Å². The second-order valence-corrected chi connectivity index (χ2v) is 9.35. The quantitative estimate of drug-likeness (QED) is 0.338. The van der Waals surface area contributed by atoms with Gasteiger partial charge in [0.15, 0.2) is 0 Å². The summed E-state index contributed by atoms with van der Waals surface area (Å²) in [4.78, 5) is 24.0. The van der Waals surface area contributed by atoms with E-state index in [1.165, 1.54) is 0 Å². The molecule has 0 bridgehead atoms. The maximum atomic E-state index is 12.0. The minimum atomic E-state index is -1.25. The topological polar surface area (TPSA) is 74.6 Å². The van der Waals surface area contributed by atoms with Gasteiger partial charge < -0.3 is 10.2 Å². The second kappa shape index (κ2) is 8.58. The zero-order valence-electron chi connectivity index (χ0n) is 16.9. The summed E-state index contributed by atoms with van der Waals surface area (Å²) in [5.41, 5.74) is 0.236. The first-order valence-corrected chi connectivity index (χ1v) is 10.4. The van der Waals surface area contributed by atoms with Gasteiger partial charge in [-0.05, 0) is 73.2 Å². The second-order valence-electron chi connectivity index (χ2n) is 9.35. The third-order valence-electron chi connectivity index (χ3n) is 6.48. The molecule has 0 spiro atoms. The van der Waals surface area contributed by atoms with E-state index in [1.807, 2.05) is 0 Å². The highest BCUT2D eigenvalue weighted by atomic mass is 16.4. The molecular formula is C22H36O4. The van der Waals surface area contributed by atoms with Gasteiger partial charge in [0.25, 0.3) is 0 Å². The molecule has 0 aliphatic heterocycles. The van der Waals surface area contributed by atoms with Crippen LogP contribution in [0.5, 0.6) is 0 Å². The van der Waals surface area contributed by atoms with Gasteiger partial charge in [0.05, 0.1) is 0 Å². The van der Waals surface area contributed by atoms with E-state index in [0.29, 0.717) is 17.8 Å². The summed E-state index contributed by atoms with van der Waals surface area (Å²) in [6.45, 7) is 8.79. The first kappa shape index (κ1) is 21.0. The van der Waals surface area contributed by atoms with Crippen LogP contribution in [0.1, 0.15) is 85.5 Å². The SMILES string of the molecule is CC(C)CC1CCCC1(CC(C)C)C(=C(C(=O)O)C(=O)O)C1CCCC1. The van der Waals surface area contributed by atoms with Crippen molar-refractivity contribution in [2.24, 2.45) is 29.1 Å². The van der Waals surface area contributed by atoms with E-state index < -0.39 is 11.9 Å². The average molecular weight is 365 g/mol. The Morgan fingerprint density at radius 1 is 0.923 bits per heavy atom. The molecule has 0 aromatic heterocycles. The number of carboxylic acids is 2. The fourth-order valence-corrected chi connectivity index (χ4v) is 5.91. The average Bonchev–Trinajstić information content (AvgIpc) is 3.14. The van der Waals surface area contributed by atoms with Crippen molar-refractivity contribution in [2.45, 2.75) is 85.5 Å². The number of aliphatic carboxylic acids is 2. The van der Waals surface area contributed by atoms with Crippen LogP contribution in [-0.2, 0) is 9.59 Å². The Labute approximate surface area is 158 Å². The number of hydrogen-bond donors (Lipinski definition) is 2. The predicted octanol–water partition coefficient (Wildman–Crippen LogP) is 5.52. The van der Waals surface area contributed by atoms with Crippen LogP contribution in [0.15, 0.2) is 11.1 Å². The molecule has 2 rings (SSSR count). The molecule has 2 aliphatic rings. The summed E-state index contributed by atoms with van der Waals surface area (Å²) >= 11 is 0. The molecule has 148 valence electrons. The van der Waals surface area contributed by atoms with Gasteiger partial charge in [-0.1, -0.05) is 47.0 Å². The minimum Gasteiger partial charge on any atom is -0.477 e. The van der Waals surface area contributed by atoms with Crippen molar-refractivity contribution in [3.05, 3.63) is 11.1 Å². The van der Waals surface area contributed by atoms with Crippen molar-refractivity contribution < 1.29 is 19.8 Å². The predicted molar refractivity (Wildman–Crippen MR) is 103 cm³/mol. The molecule has 26 heavy (non-hydrogen) atoms. The largest absolute Gasteiger partial charge is 0.477 e. The van der Waals surface area contributed by atoms with E-state index in [0.717, 1.165) is 63.4 Å². The zero-order valence-corrected chi connectivity index (χ0v) is 16.9. The Bertz CT molecular complexity index is 538. The van der Waals surface area contributed by atoms with Crippen LogP contribution in [-0.4, -0.2) is 22.2 Å². The van der Waals surface area contributed by atoms with E-state index in [4.69, 9.17) is 0 Å². The van der Waals surface area contributed by atoms with Crippen molar-refractivity contribution in [2.75, 3.05) is 0 Å². The molecule has 2 aliphatic carbocycles. The van der Waals surface area contributed by atoms with Gasteiger partial charge in [-0.3, -0.25) is 0 Å². The molecule has 4 heteroatoms. The van der Waals surface area contributed by atoms with Crippen LogP contribution in [0.4, 0.5) is 0 Å². The number of rotatable bonds is 8. The maximum Gasteiger partial charge on any atom is 0.343 e. The number of carbonyl (C=O) groups is 2. The Kier molecular flexibility index (Phi) is 6.92. The molecular weight excluding hydrogens is 328 g/mol. The molecule has 2 unspecified atom stereocenters. The minimum absolute atomic E-state index is 0.128.